The van der Waals surface area contributed by atoms with Crippen LogP contribution in [0.1, 0.15) is 17.7 Å². The SMILES string of the molecule is COc1ccc([C@@H]2Sc3cc(OC)ccc3N(CCN(C)C)C(=O)[C@@H]2OC(C)=O)cc1. The van der Waals surface area contributed by atoms with Crippen molar-refractivity contribution in [3.8, 4) is 11.5 Å². The Morgan fingerprint density at radius 3 is 2.29 bits per heavy atom. The van der Waals surface area contributed by atoms with Crippen LogP contribution in [0.15, 0.2) is 47.4 Å². The van der Waals surface area contributed by atoms with E-state index in [9.17, 15) is 9.59 Å². The molecule has 1 aliphatic rings. The Bertz CT molecular complexity index is 932. The molecule has 3 rings (SSSR count). The fourth-order valence-corrected chi connectivity index (χ4v) is 4.74. The summed E-state index contributed by atoms with van der Waals surface area (Å²) in [5, 5.41) is -0.419. The molecule has 0 saturated carbocycles. The summed E-state index contributed by atoms with van der Waals surface area (Å²) >= 11 is 1.49. The van der Waals surface area contributed by atoms with Gasteiger partial charge in [0.05, 0.1) is 25.2 Å². The summed E-state index contributed by atoms with van der Waals surface area (Å²) in [6.07, 6.45) is -0.962. The van der Waals surface area contributed by atoms with Crippen molar-refractivity contribution in [2.45, 2.75) is 23.2 Å². The number of ether oxygens (including phenoxy) is 3. The van der Waals surface area contributed by atoms with E-state index in [4.69, 9.17) is 14.2 Å². The van der Waals surface area contributed by atoms with E-state index in [1.54, 1.807) is 19.1 Å². The highest BCUT2D eigenvalue weighted by atomic mass is 32.2. The lowest BCUT2D eigenvalue weighted by molar-refractivity contribution is -0.152. The fourth-order valence-electron chi connectivity index (χ4n) is 3.40. The molecule has 166 valence electrons. The lowest BCUT2D eigenvalue weighted by Gasteiger charge is -2.28. The Labute approximate surface area is 187 Å². The quantitative estimate of drug-likeness (QED) is 0.607. The zero-order valence-corrected chi connectivity index (χ0v) is 19.3. The fraction of sp³-hybridized carbons (Fsp3) is 0.391. The lowest BCUT2D eigenvalue weighted by Crippen LogP contribution is -2.45. The van der Waals surface area contributed by atoms with Gasteiger partial charge in [-0.1, -0.05) is 12.1 Å². The smallest absolute Gasteiger partial charge is 0.303 e. The maximum Gasteiger partial charge on any atom is 0.303 e. The summed E-state index contributed by atoms with van der Waals surface area (Å²) < 4.78 is 16.3. The molecule has 0 unspecified atom stereocenters. The van der Waals surface area contributed by atoms with E-state index >= 15 is 0 Å². The summed E-state index contributed by atoms with van der Waals surface area (Å²) in [7, 11) is 7.12. The molecule has 2 aromatic rings. The number of thioether (sulfide) groups is 1. The van der Waals surface area contributed by atoms with Gasteiger partial charge in [0.2, 0.25) is 0 Å². The van der Waals surface area contributed by atoms with Crippen LogP contribution in [0.3, 0.4) is 0 Å². The van der Waals surface area contributed by atoms with Crippen molar-refractivity contribution in [3.05, 3.63) is 48.0 Å². The summed E-state index contributed by atoms with van der Waals surface area (Å²) in [5.41, 5.74) is 1.65. The standard InChI is InChI=1S/C23H28N2O5S/c1-15(26)30-21-22(16-6-8-17(28-4)9-7-16)31-20-14-18(29-5)10-11-19(20)25(23(21)27)13-12-24(2)3/h6-11,14,21-22H,12-13H2,1-5H3/t21-,22+/m1/s1. The summed E-state index contributed by atoms with van der Waals surface area (Å²) in [6.45, 7) is 2.47. The first-order chi connectivity index (χ1) is 14.8. The molecule has 2 aromatic carbocycles. The number of fused-ring (bicyclic) bond motifs is 1. The van der Waals surface area contributed by atoms with Gasteiger partial charge in [0.25, 0.3) is 5.91 Å². The molecular weight excluding hydrogens is 416 g/mol. The van der Waals surface area contributed by atoms with Crippen LogP contribution in [-0.2, 0) is 14.3 Å². The number of hydrogen-bond acceptors (Lipinski definition) is 7. The number of anilines is 1. The molecule has 7 nitrogen and oxygen atoms in total. The van der Waals surface area contributed by atoms with Gasteiger partial charge in [-0.2, -0.15) is 0 Å². The number of likely N-dealkylation sites (N-methyl/N-ethyl adjacent to an activating group) is 1. The number of benzene rings is 2. The molecule has 1 heterocycles. The number of rotatable bonds is 7. The Hall–Kier alpha value is -2.71. The predicted octanol–water partition coefficient (Wildman–Crippen LogP) is 3.38. The average molecular weight is 445 g/mol. The zero-order chi connectivity index (χ0) is 22.5. The third kappa shape index (κ3) is 5.32. The van der Waals surface area contributed by atoms with Gasteiger partial charge in [-0.05, 0) is 50.0 Å². The Kier molecular flexibility index (Phi) is 7.46. The van der Waals surface area contributed by atoms with Gasteiger partial charge >= 0.3 is 5.97 Å². The Balaban J connectivity index is 2.11. The van der Waals surface area contributed by atoms with Crippen LogP contribution in [0.4, 0.5) is 5.69 Å². The first kappa shape index (κ1) is 23.0. The maximum absolute atomic E-state index is 13.7. The molecule has 0 aromatic heterocycles. The van der Waals surface area contributed by atoms with Gasteiger partial charge in [-0.25, -0.2) is 0 Å². The van der Waals surface area contributed by atoms with Gasteiger partial charge in [-0.15, -0.1) is 11.8 Å². The molecule has 0 radical (unpaired) electrons. The van der Waals surface area contributed by atoms with E-state index in [0.29, 0.717) is 24.6 Å². The van der Waals surface area contributed by atoms with Crippen molar-refractivity contribution in [1.82, 2.24) is 4.90 Å². The molecule has 1 amide bonds. The number of methoxy groups -OCH3 is 2. The van der Waals surface area contributed by atoms with Crippen LogP contribution in [-0.4, -0.2) is 64.3 Å². The summed E-state index contributed by atoms with van der Waals surface area (Å²) in [5.74, 6) is 0.681. The lowest BCUT2D eigenvalue weighted by atomic mass is 10.1. The highest BCUT2D eigenvalue weighted by Crippen LogP contribution is 2.48. The van der Waals surface area contributed by atoms with Gasteiger partial charge in [0.15, 0.2) is 6.10 Å². The van der Waals surface area contributed by atoms with E-state index in [2.05, 4.69) is 0 Å². The molecule has 0 aliphatic carbocycles. The Morgan fingerprint density at radius 2 is 1.71 bits per heavy atom. The van der Waals surface area contributed by atoms with Crippen LogP contribution in [0.2, 0.25) is 0 Å². The third-order valence-electron chi connectivity index (χ3n) is 5.00. The Morgan fingerprint density at radius 1 is 1.06 bits per heavy atom. The molecule has 0 bridgehead atoms. The van der Waals surface area contributed by atoms with E-state index in [0.717, 1.165) is 16.1 Å². The second-order valence-electron chi connectivity index (χ2n) is 7.47. The highest BCUT2D eigenvalue weighted by molar-refractivity contribution is 7.99. The number of carbonyl (C=O) groups is 2. The van der Waals surface area contributed by atoms with Crippen molar-refractivity contribution in [3.63, 3.8) is 0 Å². The van der Waals surface area contributed by atoms with Crippen LogP contribution in [0, 0.1) is 0 Å². The summed E-state index contributed by atoms with van der Waals surface area (Å²) in [6, 6.07) is 13.1. The first-order valence-corrected chi connectivity index (χ1v) is 10.8. The van der Waals surface area contributed by atoms with Gasteiger partial charge in [-0.3, -0.25) is 9.59 Å². The number of hydrogen-bond donors (Lipinski definition) is 0. The number of nitrogens with zero attached hydrogens (tertiary/aromatic N) is 2. The van der Waals surface area contributed by atoms with Gasteiger partial charge in [0.1, 0.15) is 11.5 Å². The van der Waals surface area contributed by atoms with E-state index in [-0.39, 0.29) is 5.91 Å². The minimum atomic E-state index is -0.962. The number of esters is 1. The molecule has 0 fully saturated rings. The van der Waals surface area contributed by atoms with Crippen molar-refractivity contribution < 1.29 is 23.8 Å². The van der Waals surface area contributed by atoms with Crippen molar-refractivity contribution >= 4 is 29.3 Å². The van der Waals surface area contributed by atoms with Gasteiger partial charge < -0.3 is 24.0 Å². The number of carbonyl (C=O) groups excluding carboxylic acids is 2. The second-order valence-corrected chi connectivity index (χ2v) is 8.65. The minimum absolute atomic E-state index is 0.241. The van der Waals surface area contributed by atoms with Crippen LogP contribution in [0.25, 0.3) is 0 Å². The van der Waals surface area contributed by atoms with Gasteiger partial charge in [0, 0.05) is 24.9 Å². The first-order valence-electron chi connectivity index (χ1n) is 9.96. The molecule has 0 saturated heterocycles. The second kappa shape index (κ2) is 10.1. The minimum Gasteiger partial charge on any atom is -0.497 e. The van der Waals surface area contributed by atoms with Crippen molar-refractivity contribution in [2.75, 3.05) is 46.3 Å². The molecule has 8 heteroatoms. The average Bonchev–Trinajstić information content (AvgIpc) is 2.86. The normalized spacial score (nSPS) is 18.4. The van der Waals surface area contributed by atoms with Crippen LogP contribution in [0.5, 0.6) is 11.5 Å². The number of amides is 1. The monoisotopic (exact) mass is 444 g/mol. The zero-order valence-electron chi connectivity index (χ0n) is 18.5. The topological polar surface area (TPSA) is 68.3 Å². The van der Waals surface area contributed by atoms with Crippen molar-refractivity contribution in [1.29, 1.82) is 0 Å². The van der Waals surface area contributed by atoms with Crippen LogP contribution >= 0.6 is 11.8 Å². The molecule has 0 spiro atoms. The van der Waals surface area contributed by atoms with E-state index in [1.165, 1.54) is 18.7 Å². The molecule has 0 N–H and O–H groups in total. The summed E-state index contributed by atoms with van der Waals surface area (Å²) in [4.78, 5) is 30.2. The molecule has 31 heavy (non-hydrogen) atoms. The van der Waals surface area contributed by atoms with Crippen molar-refractivity contribution in [2.24, 2.45) is 0 Å². The molecule has 2 atom stereocenters. The van der Waals surface area contributed by atoms with Crippen LogP contribution < -0.4 is 14.4 Å². The predicted molar refractivity (Wildman–Crippen MR) is 121 cm³/mol. The third-order valence-corrected chi connectivity index (χ3v) is 6.36. The molecule has 1 aliphatic heterocycles. The highest BCUT2D eigenvalue weighted by Gasteiger charge is 2.41. The maximum atomic E-state index is 13.7. The van der Waals surface area contributed by atoms with E-state index < -0.39 is 17.3 Å². The largest absolute Gasteiger partial charge is 0.497 e. The van der Waals surface area contributed by atoms with E-state index in [1.807, 2.05) is 61.5 Å². The molecular formula is C23H28N2O5S.